The summed E-state index contributed by atoms with van der Waals surface area (Å²) in [5, 5.41) is 0. The highest BCUT2D eigenvalue weighted by Gasteiger charge is 2.60. The third-order valence-electron chi connectivity index (χ3n) is 0.902. The summed E-state index contributed by atoms with van der Waals surface area (Å²) in [6, 6.07) is 0. The van der Waals surface area contributed by atoms with Gasteiger partial charge in [0.15, 0.2) is 2.82 Å². The Balaban J connectivity index is 5.05. The Hall–Kier alpha value is -0.950. The van der Waals surface area contributed by atoms with E-state index in [1.165, 1.54) is 0 Å². The second-order valence-electron chi connectivity index (χ2n) is 1.85. The fourth-order valence-corrected chi connectivity index (χ4v) is 0.466. The molecule has 0 rings (SSSR count). The van der Waals surface area contributed by atoms with Crippen molar-refractivity contribution >= 4 is 5.91 Å². The first-order valence-electron chi connectivity index (χ1n) is 3.32. The maximum absolute atomic E-state index is 11.7. The van der Waals surface area contributed by atoms with Crippen LogP contribution in [-0.2, 0) is 4.79 Å². The number of halogens is 6. The van der Waals surface area contributed by atoms with E-state index in [1.807, 2.05) is 0 Å². The molecule has 0 aliphatic heterocycles. The molecule has 0 fully saturated rings. The molecule has 0 bridgehead atoms. The van der Waals surface area contributed by atoms with Gasteiger partial charge in [-0.1, -0.05) is 0 Å². The topological polar surface area (TPSA) is 43.1 Å². The molecule has 0 unspecified atom stereocenters. The minimum atomic E-state index is -5.85. The van der Waals surface area contributed by atoms with Gasteiger partial charge in [-0.25, -0.2) is 0 Å². The molecular weight excluding hydrogens is 192 g/mol. The predicted molar refractivity (Wildman–Crippen MR) is 24.8 cm³/mol. The Kier molecular flexibility index (Phi) is 1.81. The van der Waals surface area contributed by atoms with Crippen LogP contribution in [-0.4, -0.2) is 18.3 Å². The lowest BCUT2D eigenvalue weighted by Crippen LogP contribution is -2.45. The Morgan fingerprint density at radius 1 is 1.17 bits per heavy atom. The minimum Gasteiger partial charge on any atom is -0.369 e. The van der Waals surface area contributed by atoms with Gasteiger partial charge in [0.1, 0.15) is 0 Å². The molecule has 2 N–H and O–H groups in total. The first-order valence-corrected chi connectivity index (χ1v) is 2.43. The molecule has 2 nitrogen and oxygen atoms in total. The summed E-state index contributed by atoms with van der Waals surface area (Å²) >= 11 is 0. The van der Waals surface area contributed by atoms with E-state index < -0.39 is 29.9 Å². The molecule has 1 amide bonds. The molecule has 0 aromatic heterocycles. The summed E-state index contributed by atoms with van der Waals surface area (Å²) in [7, 11) is 0. The molecule has 0 saturated carbocycles. The smallest absolute Gasteiger partial charge is 0.369 e. The number of rotatable bonds is 1. The molecule has 0 aromatic carbocycles. The standard InChI is InChI=1S/C4H3F6NO/c5-3(6,7)1(2(11)12)4(8,9)10/h1H,(H2,11,12)/i/hD2. The number of primary amides is 1. The largest absolute Gasteiger partial charge is 0.409 e. The number of alkyl halides is 6. The van der Waals surface area contributed by atoms with Crippen molar-refractivity contribution in [3.63, 3.8) is 0 Å². The molecule has 72 valence electrons. The maximum Gasteiger partial charge on any atom is 0.409 e. The Morgan fingerprint density at radius 2 is 1.50 bits per heavy atom. The Labute approximate surface area is 65.3 Å². The molecule has 0 saturated heterocycles. The van der Waals surface area contributed by atoms with Crippen LogP contribution in [0.3, 0.4) is 0 Å². The van der Waals surface area contributed by atoms with Crippen molar-refractivity contribution < 1.29 is 34.0 Å². The van der Waals surface area contributed by atoms with Gasteiger partial charge < -0.3 is 5.72 Å². The molecule has 8 heteroatoms. The Bertz CT molecular complexity index is 209. The average molecular weight is 197 g/mol. The van der Waals surface area contributed by atoms with Crippen molar-refractivity contribution in [3.05, 3.63) is 0 Å². The minimum absolute atomic E-state index is 1.24. The second kappa shape index (κ2) is 2.83. The summed E-state index contributed by atoms with van der Waals surface area (Å²) in [4.78, 5) is 10.2. The molecule has 0 aliphatic carbocycles. The first kappa shape index (κ1) is 7.69. The van der Waals surface area contributed by atoms with Crippen molar-refractivity contribution in [3.8, 4) is 0 Å². The fraction of sp³-hybridized carbons (Fsp3) is 0.750. The van der Waals surface area contributed by atoms with E-state index >= 15 is 0 Å². The van der Waals surface area contributed by atoms with E-state index in [-0.39, 0.29) is 0 Å². The van der Waals surface area contributed by atoms with Crippen LogP contribution in [0.5, 0.6) is 0 Å². The molecular formula is C4H3F6NO. The second-order valence-corrected chi connectivity index (χ2v) is 1.85. The Morgan fingerprint density at radius 3 is 1.58 bits per heavy atom. The van der Waals surface area contributed by atoms with E-state index in [0.29, 0.717) is 0 Å². The molecule has 0 atom stereocenters. The van der Waals surface area contributed by atoms with Crippen LogP contribution >= 0.6 is 0 Å². The van der Waals surface area contributed by atoms with Gasteiger partial charge in [-0.05, 0) is 0 Å². The molecule has 0 aromatic rings. The SMILES string of the molecule is [2H]N([2H])C(=O)C(C(F)(F)F)C(F)(F)F. The lowest BCUT2D eigenvalue weighted by molar-refractivity contribution is -0.273. The van der Waals surface area contributed by atoms with Gasteiger partial charge in [-0.3, -0.25) is 4.79 Å². The van der Waals surface area contributed by atoms with E-state index in [4.69, 9.17) is 2.82 Å². The molecule has 12 heavy (non-hydrogen) atoms. The van der Waals surface area contributed by atoms with Crippen LogP contribution < -0.4 is 5.72 Å². The predicted octanol–water partition coefficient (Wildman–Crippen LogP) is 1.21. The molecule has 0 radical (unpaired) electrons. The number of nitrogens with two attached hydrogens (primary N) is 1. The number of hydrogen-bond acceptors (Lipinski definition) is 1. The summed E-state index contributed by atoms with van der Waals surface area (Å²) in [5.41, 5.74) is -1.24. The van der Waals surface area contributed by atoms with E-state index in [9.17, 15) is 31.1 Å². The number of hydrogen-bond donors (Lipinski definition) is 1. The summed E-state index contributed by atoms with van der Waals surface area (Å²) in [6.07, 6.45) is -11.7. The van der Waals surface area contributed by atoms with Crippen LogP contribution in [0.15, 0.2) is 0 Å². The number of amides is 1. The first-order chi connectivity index (χ1) is 5.98. The van der Waals surface area contributed by atoms with Crippen molar-refractivity contribution in [2.24, 2.45) is 11.6 Å². The lowest BCUT2D eigenvalue weighted by Gasteiger charge is -2.19. The lowest BCUT2D eigenvalue weighted by atomic mass is 10.1. The van der Waals surface area contributed by atoms with Gasteiger partial charge in [-0.2, -0.15) is 26.3 Å². The van der Waals surface area contributed by atoms with Crippen LogP contribution in [0.1, 0.15) is 0 Å². The van der Waals surface area contributed by atoms with Crippen LogP contribution in [0.4, 0.5) is 26.3 Å². The molecule has 0 heterocycles. The highest BCUT2D eigenvalue weighted by atomic mass is 19.4. The fourth-order valence-electron chi connectivity index (χ4n) is 0.466. The van der Waals surface area contributed by atoms with Gasteiger partial charge in [0, 0.05) is 0 Å². The van der Waals surface area contributed by atoms with Gasteiger partial charge in [0.25, 0.3) is 0 Å². The third-order valence-corrected chi connectivity index (χ3v) is 0.902. The average Bonchev–Trinajstić information content (AvgIpc) is 1.79. The third kappa shape index (κ3) is 2.59. The van der Waals surface area contributed by atoms with Gasteiger partial charge in [0.2, 0.25) is 11.8 Å². The van der Waals surface area contributed by atoms with Crippen molar-refractivity contribution in [1.29, 1.82) is 0 Å². The van der Waals surface area contributed by atoms with Crippen LogP contribution in [0.25, 0.3) is 0 Å². The number of carbonyl (C=O) groups excluding carboxylic acids is 1. The van der Waals surface area contributed by atoms with Crippen molar-refractivity contribution in [2.45, 2.75) is 12.4 Å². The van der Waals surface area contributed by atoms with E-state index in [0.717, 1.165) is 0 Å². The van der Waals surface area contributed by atoms with E-state index in [1.54, 1.807) is 0 Å². The zero-order valence-electron chi connectivity index (χ0n) is 7.20. The zero-order valence-corrected chi connectivity index (χ0v) is 5.20. The highest BCUT2D eigenvalue weighted by Crippen LogP contribution is 2.38. The molecule has 0 spiro atoms. The quantitative estimate of drug-likeness (QED) is 0.631. The van der Waals surface area contributed by atoms with Crippen LogP contribution in [0.2, 0.25) is 2.82 Å². The number of carbonyl (C=O) groups is 1. The highest BCUT2D eigenvalue weighted by molar-refractivity contribution is 5.78. The van der Waals surface area contributed by atoms with Crippen molar-refractivity contribution in [2.75, 3.05) is 0 Å². The zero-order chi connectivity index (χ0) is 11.7. The van der Waals surface area contributed by atoms with Crippen LogP contribution in [0, 0.1) is 5.92 Å². The normalized spacial score (nSPS) is 15.6. The maximum atomic E-state index is 11.7. The molecule has 0 aliphatic rings. The van der Waals surface area contributed by atoms with E-state index in [2.05, 4.69) is 0 Å². The van der Waals surface area contributed by atoms with Crippen molar-refractivity contribution in [1.82, 2.24) is 0 Å². The summed E-state index contributed by atoms with van der Waals surface area (Å²) in [5.74, 6) is -7.00. The van der Waals surface area contributed by atoms with Gasteiger partial charge in [-0.15, -0.1) is 0 Å². The monoisotopic (exact) mass is 197 g/mol. The van der Waals surface area contributed by atoms with Gasteiger partial charge in [0.05, 0.1) is 0 Å². The van der Waals surface area contributed by atoms with Gasteiger partial charge >= 0.3 is 12.4 Å². The summed E-state index contributed by atoms with van der Waals surface area (Å²) in [6.45, 7) is 0. The summed E-state index contributed by atoms with van der Waals surface area (Å²) < 4.78 is 82.2.